The lowest BCUT2D eigenvalue weighted by molar-refractivity contribution is -0.134. The Balaban J connectivity index is 1.53. The van der Waals surface area contributed by atoms with Crippen LogP contribution in [0, 0.1) is 5.41 Å². The van der Waals surface area contributed by atoms with Crippen molar-refractivity contribution < 1.29 is 9.59 Å². The SMILES string of the molecule is CC(C)c1ccc(NC(=O)C2(C(=O)NCCc3ccccc3)CC2)cc1. The quantitative estimate of drug-likeness (QED) is 0.744. The van der Waals surface area contributed by atoms with E-state index in [-0.39, 0.29) is 11.8 Å². The van der Waals surface area contributed by atoms with Crippen LogP contribution >= 0.6 is 0 Å². The standard InChI is InChI=1S/C22H26N2O2/c1-16(2)18-8-10-19(11-9-18)24-21(26)22(13-14-22)20(25)23-15-12-17-6-4-3-5-7-17/h3-11,16H,12-15H2,1-2H3,(H,23,25)(H,24,26). The van der Waals surface area contributed by atoms with Crippen molar-refractivity contribution in [2.45, 2.75) is 39.0 Å². The van der Waals surface area contributed by atoms with Crippen LogP contribution in [0.4, 0.5) is 5.69 Å². The Labute approximate surface area is 155 Å². The number of nitrogens with one attached hydrogen (secondary N) is 2. The summed E-state index contributed by atoms with van der Waals surface area (Å²) < 4.78 is 0. The molecule has 0 aromatic heterocycles. The zero-order chi connectivity index (χ0) is 18.6. The lowest BCUT2D eigenvalue weighted by atomic mass is 10.0. The fourth-order valence-electron chi connectivity index (χ4n) is 3.02. The van der Waals surface area contributed by atoms with Gasteiger partial charge in [-0.3, -0.25) is 9.59 Å². The smallest absolute Gasteiger partial charge is 0.240 e. The molecule has 0 radical (unpaired) electrons. The van der Waals surface area contributed by atoms with Crippen molar-refractivity contribution in [2.24, 2.45) is 5.41 Å². The van der Waals surface area contributed by atoms with E-state index in [1.807, 2.05) is 54.6 Å². The molecule has 0 spiro atoms. The van der Waals surface area contributed by atoms with Crippen LogP contribution in [0.3, 0.4) is 0 Å². The summed E-state index contributed by atoms with van der Waals surface area (Å²) in [5.41, 5.74) is 2.24. The van der Waals surface area contributed by atoms with Crippen molar-refractivity contribution in [1.29, 1.82) is 0 Å². The first-order valence-electron chi connectivity index (χ1n) is 9.25. The third-order valence-electron chi connectivity index (χ3n) is 5.00. The van der Waals surface area contributed by atoms with Crippen LogP contribution in [0.5, 0.6) is 0 Å². The number of rotatable bonds is 7. The van der Waals surface area contributed by atoms with E-state index in [0.29, 0.717) is 25.3 Å². The number of carbonyl (C=O) groups is 2. The van der Waals surface area contributed by atoms with Gasteiger partial charge in [-0.1, -0.05) is 56.3 Å². The Kier molecular flexibility index (Phi) is 5.40. The maximum atomic E-state index is 12.6. The average Bonchev–Trinajstić information content (AvgIpc) is 3.45. The van der Waals surface area contributed by atoms with Gasteiger partial charge in [0, 0.05) is 12.2 Å². The Bertz CT molecular complexity index is 762. The van der Waals surface area contributed by atoms with E-state index in [9.17, 15) is 9.59 Å². The second-order valence-electron chi connectivity index (χ2n) is 7.30. The van der Waals surface area contributed by atoms with E-state index < -0.39 is 5.41 Å². The highest BCUT2D eigenvalue weighted by molar-refractivity contribution is 6.13. The average molecular weight is 350 g/mol. The summed E-state index contributed by atoms with van der Waals surface area (Å²) in [6, 6.07) is 17.8. The predicted octanol–water partition coefficient (Wildman–Crippen LogP) is 3.89. The van der Waals surface area contributed by atoms with E-state index in [1.165, 1.54) is 11.1 Å². The van der Waals surface area contributed by atoms with Gasteiger partial charge in [-0.25, -0.2) is 0 Å². The number of amides is 2. The van der Waals surface area contributed by atoms with Gasteiger partial charge in [0.2, 0.25) is 11.8 Å². The maximum absolute atomic E-state index is 12.6. The van der Waals surface area contributed by atoms with Crippen LogP contribution < -0.4 is 10.6 Å². The number of hydrogen-bond acceptors (Lipinski definition) is 2. The molecule has 2 aromatic rings. The highest BCUT2D eigenvalue weighted by atomic mass is 16.2. The molecule has 4 heteroatoms. The first-order valence-corrected chi connectivity index (χ1v) is 9.25. The Morgan fingerprint density at radius 3 is 2.19 bits per heavy atom. The molecule has 1 fully saturated rings. The summed E-state index contributed by atoms with van der Waals surface area (Å²) in [7, 11) is 0. The molecule has 0 aliphatic heterocycles. The molecule has 1 aliphatic rings. The molecule has 0 bridgehead atoms. The van der Waals surface area contributed by atoms with Gasteiger partial charge >= 0.3 is 0 Å². The van der Waals surface area contributed by atoms with E-state index in [2.05, 4.69) is 24.5 Å². The van der Waals surface area contributed by atoms with E-state index in [4.69, 9.17) is 0 Å². The number of hydrogen-bond donors (Lipinski definition) is 2. The van der Waals surface area contributed by atoms with Gasteiger partial charge in [0.05, 0.1) is 0 Å². The molecular weight excluding hydrogens is 324 g/mol. The van der Waals surface area contributed by atoms with E-state index in [1.54, 1.807) is 0 Å². The molecule has 2 N–H and O–H groups in total. The largest absolute Gasteiger partial charge is 0.355 e. The Morgan fingerprint density at radius 1 is 0.962 bits per heavy atom. The number of anilines is 1. The van der Waals surface area contributed by atoms with Crippen molar-refractivity contribution in [3.63, 3.8) is 0 Å². The lowest BCUT2D eigenvalue weighted by Gasteiger charge is -2.16. The summed E-state index contributed by atoms with van der Waals surface area (Å²) in [5.74, 6) is 0.0849. The Hall–Kier alpha value is -2.62. The van der Waals surface area contributed by atoms with E-state index >= 15 is 0 Å². The van der Waals surface area contributed by atoms with Crippen LogP contribution in [0.25, 0.3) is 0 Å². The number of carbonyl (C=O) groups excluding carboxylic acids is 2. The van der Waals surface area contributed by atoms with E-state index in [0.717, 1.165) is 12.1 Å². The minimum atomic E-state index is -0.895. The molecule has 0 atom stereocenters. The van der Waals surface area contributed by atoms with Crippen molar-refractivity contribution in [1.82, 2.24) is 5.32 Å². The zero-order valence-corrected chi connectivity index (χ0v) is 15.4. The van der Waals surface area contributed by atoms with Crippen LogP contribution in [-0.2, 0) is 16.0 Å². The molecule has 1 saturated carbocycles. The van der Waals surface area contributed by atoms with Gasteiger partial charge in [-0.05, 0) is 48.4 Å². The lowest BCUT2D eigenvalue weighted by Crippen LogP contribution is -2.40. The van der Waals surface area contributed by atoms with Crippen molar-refractivity contribution in [3.8, 4) is 0 Å². The van der Waals surface area contributed by atoms with Gasteiger partial charge < -0.3 is 10.6 Å². The molecule has 4 nitrogen and oxygen atoms in total. The summed E-state index contributed by atoms with van der Waals surface area (Å²) in [4.78, 5) is 25.1. The van der Waals surface area contributed by atoms with Crippen molar-refractivity contribution >= 4 is 17.5 Å². The van der Waals surface area contributed by atoms with Crippen molar-refractivity contribution in [3.05, 3.63) is 65.7 Å². The first-order chi connectivity index (χ1) is 12.5. The molecule has 1 aliphatic carbocycles. The minimum Gasteiger partial charge on any atom is -0.355 e. The summed E-state index contributed by atoms with van der Waals surface area (Å²) in [6.45, 7) is 4.81. The van der Waals surface area contributed by atoms with Gasteiger partial charge in [0.15, 0.2) is 0 Å². The van der Waals surface area contributed by atoms with Crippen molar-refractivity contribution in [2.75, 3.05) is 11.9 Å². The summed E-state index contributed by atoms with van der Waals surface area (Å²) in [6.07, 6.45) is 1.99. The molecule has 0 unspecified atom stereocenters. The highest BCUT2D eigenvalue weighted by Gasteiger charge is 2.56. The van der Waals surface area contributed by atoms with Gasteiger partial charge in [0.25, 0.3) is 0 Å². The normalized spacial score (nSPS) is 14.7. The highest BCUT2D eigenvalue weighted by Crippen LogP contribution is 2.46. The maximum Gasteiger partial charge on any atom is 0.240 e. The molecule has 0 heterocycles. The molecule has 3 rings (SSSR count). The monoisotopic (exact) mass is 350 g/mol. The van der Waals surface area contributed by atoms with Crippen LogP contribution in [-0.4, -0.2) is 18.4 Å². The third kappa shape index (κ3) is 4.13. The Morgan fingerprint density at radius 2 is 1.62 bits per heavy atom. The van der Waals surface area contributed by atoms with Gasteiger partial charge in [0.1, 0.15) is 5.41 Å². The predicted molar refractivity (Wildman–Crippen MR) is 104 cm³/mol. The van der Waals surface area contributed by atoms with Crippen LogP contribution in [0.15, 0.2) is 54.6 Å². The van der Waals surface area contributed by atoms with Gasteiger partial charge in [-0.2, -0.15) is 0 Å². The molecule has 2 amide bonds. The minimum absolute atomic E-state index is 0.162. The zero-order valence-electron chi connectivity index (χ0n) is 15.4. The summed E-state index contributed by atoms with van der Waals surface area (Å²) in [5, 5.41) is 5.82. The molecule has 2 aromatic carbocycles. The first kappa shape index (κ1) is 18.2. The second-order valence-corrected chi connectivity index (χ2v) is 7.30. The van der Waals surface area contributed by atoms with Crippen LogP contribution in [0.1, 0.15) is 43.7 Å². The number of benzene rings is 2. The molecule has 0 saturated heterocycles. The topological polar surface area (TPSA) is 58.2 Å². The molecule has 26 heavy (non-hydrogen) atoms. The second kappa shape index (κ2) is 7.73. The van der Waals surface area contributed by atoms with Gasteiger partial charge in [-0.15, -0.1) is 0 Å². The molecular formula is C22H26N2O2. The fraction of sp³-hybridized carbons (Fsp3) is 0.364. The molecule has 136 valence electrons. The van der Waals surface area contributed by atoms with Crippen LogP contribution in [0.2, 0.25) is 0 Å². The third-order valence-corrected chi connectivity index (χ3v) is 5.00. The fourth-order valence-corrected chi connectivity index (χ4v) is 3.02. The summed E-state index contributed by atoms with van der Waals surface area (Å²) >= 11 is 0.